The molecule has 0 bridgehead atoms. The van der Waals surface area contributed by atoms with Gasteiger partial charge in [-0.2, -0.15) is 10.1 Å². The van der Waals surface area contributed by atoms with Crippen LogP contribution in [0.2, 0.25) is 0 Å². The molecular weight excluding hydrogens is 326 g/mol. The second-order valence-corrected chi connectivity index (χ2v) is 6.95. The number of likely N-dealkylation sites (N-methyl/N-ethyl adjacent to an activating group) is 1. The van der Waals surface area contributed by atoms with Crippen molar-refractivity contribution in [1.82, 2.24) is 24.8 Å². The number of hydrogen-bond donors (Lipinski definition) is 0. The highest BCUT2D eigenvalue weighted by Gasteiger charge is 2.43. The number of rotatable bonds is 3. The molecule has 0 spiro atoms. The molecule has 0 radical (unpaired) electrons. The van der Waals surface area contributed by atoms with Crippen LogP contribution in [0, 0.1) is 6.92 Å². The number of amides is 1. The van der Waals surface area contributed by atoms with Gasteiger partial charge in [0.25, 0.3) is 0 Å². The molecule has 8 heteroatoms. The van der Waals surface area contributed by atoms with Crippen LogP contribution in [0.5, 0.6) is 0 Å². The molecule has 0 N–H and O–H groups in total. The zero-order chi connectivity index (χ0) is 16.8. The predicted octanol–water partition coefficient (Wildman–Crippen LogP) is 2.53. The average Bonchev–Trinajstić information content (AvgIpc) is 3.32. The fraction of sp³-hybridized carbons (Fsp3) is 0.375. The summed E-state index contributed by atoms with van der Waals surface area (Å²) in [5, 5.41) is 10.4. The molecular formula is C16H17N5O2S. The van der Waals surface area contributed by atoms with Gasteiger partial charge in [0.2, 0.25) is 17.6 Å². The van der Waals surface area contributed by atoms with Crippen molar-refractivity contribution in [3.05, 3.63) is 40.9 Å². The van der Waals surface area contributed by atoms with Crippen LogP contribution >= 0.6 is 11.3 Å². The molecule has 3 aromatic rings. The second-order valence-electron chi connectivity index (χ2n) is 6.00. The van der Waals surface area contributed by atoms with E-state index in [9.17, 15) is 4.79 Å². The Labute approximate surface area is 142 Å². The van der Waals surface area contributed by atoms with Crippen molar-refractivity contribution in [1.29, 1.82) is 0 Å². The maximum Gasteiger partial charge on any atom is 0.233 e. The van der Waals surface area contributed by atoms with Gasteiger partial charge in [0.05, 0.1) is 23.0 Å². The zero-order valence-electron chi connectivity index (χ0n) is 13.6. The van der Waals surface area contributed by atoms with Crippen molar-refractivity contribution >= 4 is 17.2 Å². The van der Waals surface area contributed by atoms with E-state index in [2.05, 4.69) is 15.2 Å². The van der Waals surface area contributed by atoms with Crippen LogP contribution in [0.1, 0.15) is 35.5 Å². The van der Waals surface area contributed by atoms with E-state index in [-0.39, 0.29) is 17.9 Å². The van der Waals surface area contributed by atoms with Crippen molar-refractivity contribution in [2.75, 3.05) is 7.05 Å². The normalized spacial score (nSPS) is 21.0. The summed E-state index contributed by atoms with van der Waals surface area (Å²) in [6.07, 6.45) is 2.18. The van der Waals surface area contributed by atoms with E-state index in [0.717, 1.165) is 16.1 Å². The largest absolute Gasteiger partial charge is 0.339 e. The number of likely N-dealkylation sites (tertiary alicyclic amines) is 1. The van der Waals surface area contributed by atoms with Gasteiger partial charge in [0.1, 0.15) is 0 Å². The Morgan fingerprint density at radius 1 is 1.38 bits per heavy atom. The minimum atomic E-state index is -0.161. The third-order valence-electron chi connectivity index (χ3n) is 4.68. The van der Waals surface area contributed by atoms with Gasteiger partial charge in [0, 0.05) is 31.8 Å². The maximum absolute atomic E-state index is 12.3. The summed E-state index contributed by atoms with van der Waals surface area (Å²) in [6.45, 7) is 2.00. The first-order valence-corrected chi connectivity index (χ1v) is 8.56. The molecule has 0 saturated carbocycles. The highest BCUT2D eigenvalue weighted by Crippen LogP contribution is 2.44. The van der Waals surface area contributed by atoms with Crippen LogP contribution in [-0.2, 0) is 11.8 Å². The van der Waals surface area contributed by atoms with E-state index < -0.39 is 0 Å². The van der Waals surface area contributed by atoms with Gasteiger partial charge in [-0.25, -0.2) is 0 Å². The van der Waals surface area contributed by atoms with Gasteiger partial charge in [0.15, 0.2) is 0 Å². The molecule has 1 fully saturated rings. The number of aryl methyl sites for hydroxylation is 1. The molecule has 4 rings (SSSR count). The molecule has 24 heavy (non-hydrogen) atoms. The molecule has 4 heterocycles. The summed E-state index contributed by atoms with van der Waals surface area (Å²) in [4.78, 5) is 19.6. The molecule has 7 nitrogen and oxygen atoms in total. The van der Waals surface area contributed by atoms with Crippen molar-refractivity contribution in [3.63, 3.8) is 0 Å². The molecule has 0 aromatic carbocycles. The Morgan fingerprint density at radius 3 is 2.88 bits per heavy atom. The quantitative estimate of drug-likeness (QED) is 0.730. The number of nitrogens with zero attached hydrogens (tertiary/aromatic N) is 5. The lowest BCUT2D eigenvalue weighted by Gasteiger charge is -2.23. The smallest absolute Gasteiger partial charge is 0.233 e. The van der Waals surface area contributed by atoms with E-state index in [1.165, 1.54) is 0 Å². The van der Waals surface area contributed by atoms with E-state index in [1.54, 1.807) is 16.2 Å². The van der Waals surface area contributed by atoms with Crippen LogP contribution in [-0.4, -0.2) is 37.8 Å². The van der Waals surface area contributed by atoms with Crippen LogP contribution in [0.4, 0.5) is 0 Å². The summed E-state index contributed by atoms with van der Waals surface area (Å²) in [5.74, 6) is 0.990. The monoisotopic (exact) mass is 343 g/mol. The molecule has 1 aliphatic rings. The standard InChI is InChI=1S/C16H17N5O2S/c1-9-11(8-17-21(9)3)14-10(7-13(22)20(14)2)16-18-15(19-23-16)12-5-4-6-24-12/h4-6,8,10,14H,7H2,1-3H3/t10-,14+/m0/s1. The topological polar surface area (TPSA) is 77.1 Å². The summed E-state index contributed by atoms with van der Waals surface area (Å²) in [6, 6.07) is 3.77. The Bertz CT molecular complexity index is 882. The van der Waals surface area contributed by atoms with Gasteiger partial charge in [-0.3, -0.25) is 9.48 Å². The first-order chi connectivity index (χ1) is 11.6. The molecule has 3 aromatic heterocycles. The molecule has 0 unspecified atom stereocenters. The molecule has 1 amide bonds. The van der Waals surface area contributed by atoms with Gasteiger partial charge in [-0.15, -0.1) is 11.3 Å². The Kier molecular flexibility index (Phi) is 3.49. The number of carbonyl (C=O) groups excluding carboxylic acids is 1. The Morgan fingerprint density at radius 2 is 2.21 bits per heavy atom. The molecule has 124 valence electrons. The first kappa shape index (κ1) is 15.1. The molecule has 0 aliphatic carbocycles. The lowest BCUT2D eigenvalue weighted by atomic mass is 9.94. The second kappa shape index (κ2) is 5.55. The average molecular weight is 343 g/mol. The number of carbonyl (C=O) groups is 1. The predicted molar refractivity (Wildman–Crippen MR) is 88.4 cm³/mol. The minimum absolute atomic E-state index is 0.0733. The van der Waals surface area contributed by atoms with Crippen molar-refractivity contribution in [2.24, 2.45) is 7.05 Å². The van der Waals surface area contributed by atoms with Gasteiger partial charge >= 0.3 is 0 Å². The van der Waals surface area contributed by atoms with Crippen molar-refractivity contribution < 1.29 is 9.32 Å². The number of thiophene rings is 1. The van der Waals surface area contributed by atoms with Gasteiger partial charge < -0.3 is 9.42 Å². The molecule has 1 saturated heterocycles. The maximum atomic E-state index is 12.3. The van der Waals surface area contributed by atoms with Crippen LogP contribution in [0.15, 0.2) is 28.2 Å². The Balaban J connectivity index is 1.73. The fourth-order valence-corrected chi connectivity index (χ4v) is 3.86. The van der Waals surface area contributed by atoms with Crippen LogP contribution in [0.3, 0.4) is 0 Å². The number of hydrogen-bond acceptors (Lipinski definition) is 6. The highest BCUT2D eigenvalue weighted by molar-refractivity contribution is 7.13. The Hall–Kier alpha value is -2.48. The molecule has 1 aliphatic heterocycles. The van der Waals surface area contributed by atoms with Crippen LogP contribution in [0.25, 0.3) is 10.7 Å². The van der Waals surface area contributed by atoms with Gasteiger partial charge in [-0.1, -0.05) is 11.2 Å². The minimum Gasteiger partial charge on any atom is -0.339 e. The summed E-state index contributed by atoms with van der Waals surface area (Å²) in [7, 11) is 3.71. The van der Waals surface area contributed by atoms with Crippen molar-refractivity contribution in [3.8, 4) is 10.7 Å². The van der Waals surface area contributed by atoms with E-state index in [4.69, 9.17) is 4.52 Å². The lowest BCUT2D eigenvalue weighted by Crippen LogP contribution is -2.24. The van der Waals surface area contributed by atoms with Gasteiger partial charge in [-0.05, 0) is 18.4 Å². The van der Waals surface area contributed by atoms with E-state index in [1.807, 2.05) is 49.4 Å². The number of aromatic nitrogens is 4. The van der Waals surface area contributed by atoms with E-state index >= 15 is 0 Å². The van der Waals surface area contributed by atoms with E-state index in [0.29, 0.717) is 18.1 Å². The third-order valence-corrected chi connectivity index (χ3v) is 5.54. The zero-order valence-corrected chi connectivity index (χ0v) is 14.4. The molecule has 2 atom stereocenters. The van der Waals surface area contributed by atoms with Crippen molar-refractivity contribution in [2.45, 2.75) is 25.3 Å². The van der Waals surface area contributed by atoms with Crippen LogP contribution < -0.4 is 0 Å². The highest BCUT2D eigenvalue weighted by atomic mass is 32.1. The third kappa shape index (κ3) is 2.25. The SMILES string of the molecule is Cc1c([C@H]2[C@@H](c3nc(-c4cccs4)no3)CC(=O)N2C)cnn1C. The summed E-state index contributed by atoms with van der Waals surface area (Å²) >= 11 is 1.56. The first-order valence-electron chi connectivity index (χ1n) is 7.68. The fourth-order valence-electron chi connectivity index (χ4n) is 3.21. The lowest BCUT2D eigenvalue weighted by molar-refractivity contribution is -0.127. The summed E-state index contributed by atoms with van der Waals surface area (Å²) in [5.41, 5.74) is 2.05. The summed E-state index contributed by atoms with van der Waals surface area (Å²) < 4.78 is 7.32.